The Hall–Kier alpha value is -1.22. The minimum Gasteiger partial charge on any atom is -0.480 e. The van der Waals surface area contributed by atoms with Gasteiger partial charge in [-0.1, -0.05) is 30.9 Å². The third-order valence-corrected chi connectivity index (χ3v) is 5.81. The number of benzene rings is 1. The molecule has 3 nitrogen and oxygen atoms in total. The molecule has 4 heteroatoms. The van der Waals surface area contributed by atoms with Gasteiger partial charge in [-0.15, -0.1) is 0 Å². The second-order valence-corrected chi connectivity index (χ2v) is 7.38. The Morgan fingerprint density at radius 1 is 1.18 bits per heavy atom. The first-order valence-electron chi connectivity index (χ1n) is 8.44. The lowest BCUT2D eigenvalue weighted by atomic mass is 9.75. The number of hydrogen-bond acceptors (Lipinski definition) is 2. The van der Waals surface area contributed by atoms with Gasteiger partial charge in [0.25, 0.3) is 5.91 Å². The lowest BCUT2D eigenvalue weighted by molar-refractivity contribution is -0.141. The summed E-state index contributed by atoms with van der Waals surface area (Å²) in [6.07, 6.45) is 6.81. The Bertz CT molecular complexity index is 588. The van der Waals surface area contributed by atoms with Crippen LogP contribution in [0.5, 0.6) is 5.75 Å². The highest BCUT2D eigenvalue weighted by Crippen LogP contribution is 2.37. The van der Waals surface area contributed by atoms with E-state index in [1.807, 2.05) is 23.1 Å². The molecule has 2 heterocycles. The highest BCUT2D eigenvalue weighted by Gasteiger charge is 2.37. The van der Waals surface area contributed by atoms with E-state index in [1.165, 1.54) is 32.1 Å². The first kappa shape index (κ1) is 14.4. The summed E-state index contributed by atoms with van der Waals surface area (Å²) in [6, 6.07) is 5.61. The van der Waals surface area contributed by atoms with Crippen LogP contribution in [0.3, 0.4) is 0 Å². The van der Waals surface area contributed by atoms with Gasteiger partial charge in [0.05, 0.1) is 0 Å². The van der Waals surface area contributed by atoms with Gasteiger partial charge in [0.15, 0.2) is 6.10 Å². The largest absolute Gasteiger partial charge is 0.480 e. The molecule has 0 radical (unpaired) electrons. The molecule has 3 aliphatic rings. The number of amides is 1. The molecule has 2 aliphatic heterocycles. The summed E-state index contributed by atoms with van der Waals surface area (Å²) in [6.45, 7) is 1.83. The predicted octanol–water partition coefficient (Wildman–Crippen LogP) is 3.68. The van der Waals surface area contributed by atoms with Crippen LogP contribution in [-0.4, -0.2) is 30.0 Å². The van der Waals surface area contributed by atoms with Crippen molar-refractivity contribution in [1.82, 2.24) is 4.90 Å². The SMILES string of the molecule is O=C([C@@H]1Cc2cc(Cl)ccc2O1)N1CC[C@H]2CCCC[C@@H]2C1. The van der Waals surface area contributed by atoms with E-state index in [0.717, 1.165) is 30.3 Å². The molecule has 1 aromatic carbocycles. The van der Waals surface area contributed by atoms with Gasteiger partial charge in [-0.2, -0.15) is 0 Å². The highest BCUT2D eigenvalue weighted by molar-refractivity contribution is 6.30. The van der Waals surface area contributed by atoms with Gasteiger partial charge in [0, 0.05) is 24.5 Å². The molecular formula is C18H22ClNO2. The molecule has 1 aliphatic carbocycles. The maximum absolute atomic E-state index is 12.8. The van der Waals surface area contributed by atoms with Crippen molar-refractivity contribution >= 4 is 17.5 Å². The van der Waals surface area contributed by atoms with Crippen LogP contribution in [0.2, 0.25) is 5.02 Å². The summed E-state index contributed by atoms with van der Waals surface area (Å²) in [7, 11) is 0. The summed E-state index contributed by atoms with van der Waals surface area (Å²) in [4.78, 5) is 14.8. The second kappa shape index (κ2) is 5.77. The minimum absolute atomic E-state index is 0.163. The number of rotatable bonds is 1. The van der Waals surface area contributed by atoms with E-state index in [2.05, 4.69) is 0 Å². The maximum Gasteiger partial charge on any atom is 0.264 e. The van der Waals surface area contributed by atoms with Crippen LogP contribution in [0, 0.1) is 11.8 Å². The summed E-state index contributed by atoms with van der Waals surface area (Å²) in [5.74, 6) is 2.54. The number of hydrogen-bond donors (Lipinski definition) is 0. The third kappa shape index (κ3) is 2.60. The average Bonchev–Trinajstić information content (AvgIpc) is 2.96. The van der Waals surface area contributed by atoms with Gasteiger partial charge in [0.2, 0.25) is 0 Å². The number of carbonyl (C=O) groups excluding carboxylic acids is 1. The van der Waals surface area contributed by atoms with Gasteiger partial charge in [-0.25, -0.2) is 0 Å². The molecule has 1 amide bonds. The zero-order valence-corrected chi connectivity index (χ0v) is 13.5. The van der Waals surface area contributed by atoms with Crippen LogP contribution < -0.4 is 4.74 Å². The van der Waals surface area contributed by atoms with Gasteiger partial charge < -0.3 is 9.64 Å². The second-order valence-electron chi connectivity index (χ2n) is 6.94. The van der Waals surface area contributed by atoms with Crippen molar-refractivity contribution in [2.45, 2.75) is 44.6 Å². The van der Waals surface area contributed by atoms with Crippen molar-refractivity contribution in [1.29, 1.82) is 0 Å². The topological polar surface area (TPSA) is 29.5 Å². The average molecular weight is 320 g/mol. The Morgan fingerprint density at radius 3 is 2.86 bits per heavy atom. The summed E-state index contributed by atoms with van der Waals surface area (Å²) < 4.78 is 5.86. The zero-order valence-electron chi connectivity index (χ0n) is 12.8. The van der Waals surface area contributed by atoms with Crippen molar-refractivity contribution in [2.24, 2.45) is 11.8 Å². The quantitative estimate of drug-likeness (QED) is 0.790. The van der Waals surface area contributed by atoms with Crippen molar-refractivity contribution < 1.29 is 9.53 Å². The number of fused-ring (bicyclic) bond motifs is 2. The molecule has 0 unspecified atom stereocenters. The first-order chi connectivity index (χ1) is 10.7. The molecule has 0 spiro atoms. The number of nitrogens with zero attached hydrogens (tertiary/aromatic N) is 1. The predicted molar refractivity (Wildman–Crippen MR) is 86.2 cm³/mol. The maximum atomic E-state index is 12.8. The van der Waals surface area contributed by atoms with Crippen molar-refractivity contribution in [3.05, 3.63) is 28.8 Å². The molecule has 118 valence electrons. The van der Waals surface area contributed by atoms with Crippen molar-refractivity contribution in [3.63, 3.8) is 0 Å². The number of carbonyl (C=O) groups is 1. The van der Waals surface area contributed by atoms with E-state index < -0.39 is 0 Å². The van der Waals surface area contributed by atoms with Crippen LogP contribution in [0.15, 0.2) is 18.2 Å². The standard InChI is InChI=1S/C18H22ClNO2/c19-15-5-6-16-14(9-15)10-17(22-16)18(21)20-8-7-12-3-1-2-4-13(12)11-20/h5-6,9,12-13,17H,1-4,7-8,10-11H2/t12-,13-,17+/m1/s1. The highest BCUT2D eigenvalue weighted by atomic mass is 35.5. The van der Waals surface area contributed by atoms with Crippen molar-refractivity contribution in [3.8, 4) is 5.75 Å². The molecule has 4 rings (SSSR count). The molecule has 1 saturated heterocycles. The van der Waals surface area contributed by atoms with E-state index in [0.29, 0.717) is 17.4 Å². The van der Waals surface area contributed by atoms with E-state index in [4.69, 9.17) is 16.3 Å². The fourth-order valence-corrected chi connectivity index (χ4v) is 4.55. The van der Waals surface area contributed by atoms with Crippen LogP contribution in [0.25, 0.3) is 0 Å². The number of piperidine rings is 1. The summed E-state index contributed by atoms with van der Waals surface area (Å²) in [5, 5.41) is 0.707. The number of likely N-dealkylation sites (tertiary alicyclic amines) is 1. The smallest absolute Gasteiger partial charge is 0.264 e. The molecule has 2 fully saturated rings. The molecule has 0 bridgehead atoms. The lowest BCUT2D eigenvalue weighted by Gasteiger charge is -2.41. The van der Waals surface area contributed by atoms with E-state index in [1.54, 1.807) is 0 Å². The van der Waals surface area contributed by atoms with Crippen LogP contribution in [-0.2, 0) is 11.2 Å². The molecule has 1 aromatic rings. The molecule has 22 heavy (non-hydrogen) atoms. The minimum atomic E-state index is -0.353. The van der Waals surface area contributed by atoms with Crippen molar-refractivity contribution in [2.75, 3.05) is 13.1 Å². The molecule has 0 N–H and O–H groups in total. The van der Waals surface area contributed by atoms with Gasteiger partial charge >= 0.3 is 0 Å². The van der Waals surface area contributed by atoms with Crippen LogP contribution in [0.1, 0.15) is 37.7 Å². The lowest BCUT2D eigenvalue weighted by Crippen LogP contribution is -2.49. The Balaban J connectivity index is 1.43. The Morgan fingerprint density at radius 2 is 2.00 bits per heavy atom. The van der Waals surface area contributed by atoms with Gasteiger partial charge in [-0.05, 0) is 48.4 Å². The van der Waals surface area contributed by atoms with E-state index in [-0.39, 0.29) is 12.0 Å². The van der Waals surface area contributed by atoms with Gasteiger partial charge in [0.1, 0.15) is 5.75 Å². The normalized spacial score (nSPS) is 30.4. The van der Waals surface area contributed by atoms with E-state index in [9.17, 15) is 4.79 Å². The monoisotopic (exact) mass is 319 g/mol. The summed E-state index contributed by atoms with van der Waals surface area (Å²) in [5.41, 5.74) is 1.05. The molecule has 0 aromatic heterocycles. The zero-order chi connectivity index (χ0) is 15.1. The molecular weight excluding hydrogens is 298 g/mol. The molecule has 1 saturated carbocycles. The van der Waals surface area contributed by atoms with E-state index >= 15 is 0 Å². The van der Waals surface area contributed by atoms with Crippen LogP contribution >= 0.6 is 11.6 Å². The Kier molecular flexibility index (Phi) is 3.77. The number of halogens is 1. The third-order valence-electron chi connectivity index (χ3n) is 5.58. The van der Waals surface area contributed by atoms with Gasteiger partial charge in [-0.3, -0.25) is 4.79 Å². The molecule has 3 atom stereocenters. The fraction of sp³-hybridized carbons (Fsp3) is 0.611. The summed E-state index contributed by atoms with van der Waals surface area (Å²) >= 11 is 6.02. The fourth-order valence-electron chi connectivity index (χ4n) is 4.36. The Labute approximate surface area is 136 Å². The van der Waals surface area contributed by atoms with Crippen LogP contribution in [0.4, 0.5) is 0 Å². The first-order valence-corrected chi connectivity index (χ1v) is 8.82. The number of ether oxygens (including phenoxy) is 1.